The normalized spacial score (nSPS) is 18.6. The fourth-order valence-electron chi connectivity index (χ4n) is 2.29. The fraction of sp³-hybridized carbons (Fsp3) is 0.125. The molecule has 1 unspecified atom stereocenters. The van der Waals surface area contributed by atoms with Crippen LogP contribution in [0.2, 0.25) is 0 Å². The Morgan fingerprint density at radius 3 is 2.26 bits per heavy atom. The summed E-state index contributed by atoms with van der Waals surface area (Å²) < 4.78 is 0. The zero-order valence-corrected chi connectivity index (χ0v) is 11.2. The number of aliphatic imine (C=N–C) groups is 1. The second-order valence-corrected chi connectivity index (χ2v) is 4.93. The van der Waals surface area contributed by atoms with Crippen molar-refractivity contribution in [2.24, 2.45) is 4.99 Å². The van der Waals surface area contributed by atoms with E-state index in [-0.39, 0.29) is 6.04 Å². The molecule has 1 N–H and O–H groups in total. The molecule has 1 heterocycles. The Bertz CT molecular complexity index is 605. The minimum absolute atomic E-state index is 0.210. The van der Waals surface area contributed by atoms with Crippen molar-refractivity contribution in [1.82, 2.24) is 5.32 Å². The van der Waals surface area contributed by atoms with E-state index in [2.05, 4.69) is 34.6 Å². The summed E-state index contributed by atoms with van der Waals surface area (Å²) in [7, 11) is 0. The third-order valence-electron chi connectivity index (χ3n) is 3.24. The molecule has 3 rings (SSSR count). The minimum Gasteiger partial charge on any atom is -0.354 e. The smallest absolute Gasteiger partial charge is 0.193 e. The summed E-state index contributed by atoms with van der Waals surface area (Å²) in [6.45, 7) is 0. The highest BCUT2D eigenvalue weighted by Crippen LogP contribution is 2.23. The van der Waals surface area contributed by atoms with E-state index in [4.69, 9.17) is 12.2 Å². The summed E-state index contributed by atoms with van der Waals surface area (Å²) in [5.41, 5.74) is 3.44. The standard InChI is InChI=1S/C16H14N2S/c19-16-17-14(12-7-3-1-4-8-12)11-15(18-16)13-9-5-2-6-10-13/h1-10,14H,11H2,(H,17,19). The lowest BCUT2D eigenvalue weighted by Crippen LogP contribution is -2.33. The molecule has 0 bridgehead atoms. The van der Waals surface area contributed by atoms with E-state index < -0.39 is 0 Å². The second kappa shape index (κ2) is 5.33. The Labute approximate surface area is 118 Å². The van der Waals surface area contributed by atoms with E-state index in [1.807, 2.05) is 36.4 Å². The van der Waals surface area contributed by atoms with E-state index in [0.717, 1.165) is 17.7 Å². The summed E-state index contributed by atoms with van der Waals surface area (Å²) in [6, 6.07) is 20.8. The van der Waals surface area contributed by atoms with Crippen LogP contribution in [0.25, 0.3) is 0 Å². The van der Waals surface area contributed by atoms with Crippen LogP contribution >= 0.6 is 12.2 Å². The van der Waals surface area contributed by atoms with Gasteiger partial charge >= 0.3 is 0 Å². The molecule has 0 spiro atoms. The Kier molecular flexibility index (Phi) is 3.38. The van der Waals surface area contributed by atoms with Crippen LogP contribution in [-0.4, -0.2) is 10.8 Å². The molecule has 2 aromatic rings. The highest BCUT2D eigenvalue weighted by atomic mass is 32.1. The van der Waals surface area contributed by atoms with Crippen molar-refractivity contribution in [1.29, 1.82) is 0 Å². The van der Waals surface area contributed by atoms with Crippen LogP contribution in [0, 0.1) is 0 Å². The first kappa shape index (κ1) is 12.1. The lowest BCUT2D eigenvalue weighted by molar-refractivity contribution is 0.664. The summed E-state index contributed by atoms with van der Waals surface area (Å²) in [5, 5.41) is 3.84. The predicted molar refractivity (Wildman–Crippen MR) is 82.5 cm³/mol. The number of rotatable bonds is 2. The first-order valence-electron chi connectivity index (χ1n) is 6.31. The van der Waals surface area contributed by atoms with Crippen LogP contribution in [0.1, 0.15) is 23.6 Å². The van der Waals surface area contributed by atoms with Crippen LogP contribution in [0.3, 0.4) is 0 Å². The van der Waals surface area contributed by atoms with Gasteiger partial charge in [0.05, 0.1) is 11.8 Å². The van der Waals surface area contributed by atoms with Crippen molar-refractivity contribution < 1.29 is 0 Å². The summed E-state index contributed by atoms with van der Waals surface area (Å²) in [6.07, 6.45) is 0.855. The van der Waals surface area contributed by atoms with Gasteiger partial charge in [-0.05, 0) is 23.3 Å². The molecular formula is C16H14N2S. The van der Waals surface area contributed by atoms with Gasteiger partial charge in [-0.2, -0.15) is 0 Å². The van der Waals surface area contributed by atoms with E-state index in [0.29, 0.717) is 5.11 Å². The van der Waals surface area contributed by atoms with E-state index >= 15 is 0 Å². The second-order valence-electron chi connectivity index (χ2n) is 4.54. The van der Waals surface area contributed by atoms with Crippen LogP contribution in [0.4, 0.5) is 0 Å². The first-order valence-corrected chi connectivity index (χ1v) is 6.72. The van der Waals surface area contributed by atoms with E-state index in [1.165, 1.54) is 5.56 Å². The van der Waals surface area contributed by atoms with Gasteiger partial charge in [-0.1, -0.05) is 60.7 Å². The summed E-state index contributed by atoms with van der Waals surface area (Å²) >= 11 is 5.26. The van der Waals surface area contributed by atoms with Crippen LogP contribution in [0.5, 0.6) is 0 Å². The van der Waals surface area contributed by atoms with Crippen molar-refractivity contribution >= 4 is 23.0 Å². The zero-order chi connectivity index (χ0) is 13.1. The molecule has 0 aliphatic carbocycles. The monoisotopic (exact) mass is 266 g/mol. The molecule has 1 atom stereocenters. The topological polar surface area (TPSA) is 24.4 Å². The molecule has 94 valence electrons. The van der Waals surface area contributed by atoms with Gasteiger partial charge in [0.2, 0.25) is 0 Å². The first-order chi connectivity index (χ1) is 9.33. The Morgan fingerprint density at radius 1 is 0.947 bits per heavy atom. The zero-order valence-electron chi connectivity index (χ0n) is 10.4. The van der Waals surface area contributed by atoms with Crippen molar-refractivity contribution in [3.63, 3.8) is 0 Å². The molecule has 19 heavy (non-hydrogen) atoms. The Morgan fingerprint density at radius 2 is 1.58 bits per heavy atom. The number of thiocarbonyl (C=S) groups is 1. The highest BCUT2D eigenvalue weighted by Gasteiger charge is 2.21. The van der Waals surface area contributed by atoms with Crippen molar-refractivity contribution in [2.45, 2.75) is 12.5 Å². The largest absolute Gasteiger partial charge is 0.354 e. The number of nitrogens with zero attached hydrogens (tertiary/aromatic N) is 1. The van der Waals surface area contributed by atoms with Crippen molar-refractivity contribution in [2.75, 3.05) is 0 Å². The molecule has 0 saturated carbocycles. The van der Waals surface area contributed by atoms with Gasteiger partial charge in [-0.25, -0.2) is 4.99 Å². The molecule has 3 heteroatoms. The highest BCUT2D eigenvalue weighted by molar-refractivity contribution is 7.80. The third-order valence-corrected chi connectivity index (χ3v) is 3.45. The molecule has 2 nitrogen and oxygen atoms in total. The van der Waals surface area contributed by atoms with Gasteiger partial charge in [0.25, 0.3) is 0 Å². The molecule has 0 radical (unpaired) electrons. The maximum absolute atomic E-state index is 5.26. The average molecular weight is 266 g/mol. The van der Waals surface area contributed by atoms with Gasteiger partial charge in [0.1, 0.15) is 0 Å². The van der Waals surface area contributed by atoms with Crippen molar-refractivity contribution in [3.05, 3.63) is 71.8 Å². The van der Waals surface area contributed by atoms with Gasteiger partial charge in [0, 0.05) is 6.42 Å². The molecule has 1 aliphatic rings. The minimum atomic E-state index is 0.210. The number of benzene rings is 2. The summed E-state index contributed by atoms with van der Waals surface area (Å²) in [5.74, 6) is 0. The van der Waals surface area contributed by atoms with E-state index in [1.54, 1.807) is 0 Å². The van der Waals surface area contributed by atoms with E-state index in [9.17, 15) is 0 Å². The molecule has 1 aliphatic heterocycles. The SMILES string of the molecule is S=C1N=C(c2ccccc2)CC(c2ccccc2)N1. The average Bonchev–Trinajstić information content (AvgIpc) is 2.48. The number of nitrogens with one attached hydrogen (secondary N) is 1. The molecule has 0 fully saturated rings. The maximum atomic E-state index is 5.26. The Hall–Kier alpha value is -2.00. The van der Waals surface area contributed by atoms with Crippen molar-refractivity contribution in [3.8, 4) is 0 Å². The quantitative estimate of drug-likeness (QED) is 0.841. The molecule has 0 saturated heterocycles. The fourth-order valence-corrected chi connectivity index (χ4v) is 2.55. The van der Waals surface area contributed by atoms with Crippen LogP contribution in [0.15, 0.2) is 65.7 Å². The van der Waals surface area contributed by atoms with Crippen LogP contribution < -0.4 is 5.32 Å². The van der Waals surface area contributed by atoms with Gasteiger partial charge in [-0.3, -0.25) is 0 Å². The lowest BCUT2D eigenvalue weighted by Gasteiger charge is -2.25. The third kappa shape index (κ3) is 2.71. The number of hydrogen-bond acceptors (Lipinski definition) is 1. The molecule has 2 aromatic carbocycles. The van der Waals surface area contributed by atoms with Crippen LogP contribution in [-0.2, 0) is 0 Å². The van der Waals surface area contributed by atoms with Gasteiger partial charge < -0.3 is 5.32 Å². The molecule has 0 amide bonds. The van der Waals surface area contributed by atoms with Gasteiger partial charge in [-0.15, -0.1) is 0 Å². The lowest BCUT2D eigenvalue weighted by atomic mass is 9.96. The Balaban J connectivity index is 1.90. The molecule has 0 aromatic heterocycles. The maximum Gasteiger partial charge on any atom is 0.193 e. The summed E-state index contributed by atoms with van der Waals surface area (Å²) in [4.78, 5) is 4.47. The van der Waals surface area contributed by atoms with Gasteiger partial charge in [0.15, 0.2) is 5.11 Å². The number of hydrogen-bond donors (Lipinski definition) is 1. The molecular weight excluding hydrogens is 252 g/mol. The predicted octanol–water partition coefficient (Wildman–Crippen LogP) is 3.50.